The molecule has 8 nitrogen and oxygen atoms in total. The van der Waals surface area contributed by atoms with Crippen LogP contribution in [0.15, 0.2) is 80.6 Å². The number of H-pyrrole nitrogens is 1. The first kappa shape index (κ1) is 33.2. The molecule has 0 aliphatic carbocycles. The van der Waals surface area contributed by atoms with E-state index in [1.165, 1.54) is 6.07 Å². The maximum atomic E-state index is 14.3. The van der Waals surface area contributed by atoms with E-state index in [2.05, 4.69) is 42.9 Å². The van der Waals surface area contributed by atoms with Crippen molar-refractivity contribution in [2.45, 2.75) is 84.0 Å². The summed E-state index contributed by atoms with van der Waals surface area (Å²) in [5.74, 6) is 0.0999. The van der Waals surface area contributed by atoms with Gasteiger partial charge >= 0.3 is 0 Å². The first-order valence-corrected chi connectivity index (χ1v) is 16.7. The molecular weight excluding hydrogens is 548 g/mol. The molecule has 1 heterocycles. The monoisotopic (exact) mass is 594 g/mol. The zero-order chi connectivity index (χ0) is 30.5. The quantitative estimate of drug-likeness (QED) is 0.152. The van der Waals surface area contributed by atoms with Crippen LogP contribution in [-0.4, -0.2) is 35.9 Å². The Kier molecular flexibility index (Phi) is 12.9. The van der Waals surface area contributed by atoms with E-state index in [0.717, 1.165) is 51.4 Å². The Balaban J connectivity index is 2.05. The molecule has 0 saturated carbocycles. The van der Waals surface area contributed by atoms with Gasteiger partial charge in [0.15, 0.2) is 5.69 Å². The molecule has 1 aromatic heterocycles. The molecule has 0 fully saturated rings. The topological polar surface area (TPSA) is 115 Å². The maximum Gasteiger partial charge on any atom is 0.251 e. The van der Waals surface area contributed by atoms with Crippen LogP contribution in [0, 0.1) is 11.8 Å². The second kappa shape index (κ2) is 16.4. The Morgan fingerprint density at radius 3 is 1.98 bits per heavy atom. The van der Waals surface area contributed by atoms with Crippen molar-refractivity contribution in [3.05, 3.63) is 71.0 Å². The Bertz CT molecular complexity index is 1440. The van der Waals surface area contributed by atoms with Gasteiger partial charge in [-0.2, -0.15) is 4.31 Å². The van der Waals surface area contributed by atoms with Crippen LogP contribution in [0.1, 0.15) is 79.1 Å². The highest BCUT2D eigenvalue weighted by atomic mass is 32.2. The molecule has 42 heavy (non-hydrogen) atoms. The Morgan fingerprint density at radius 1 is 0.833 bits per heavy atom. The maximum absolute atomic E-state index is 14.3. The second-order valence-electron chi connectivity index (χ2n) is 10.9. The van der Waals surface area contributed by atoms with Gasteiger partial charge < -0.3 is 5.11 Å². The Morgan fingerprint density at radius 2 is 1.40 bits per heavy atom. The van der Waals surface area contributed by atoms with Crippen LogP contribution in [0.4, 0.5) is 11.4 Å². The van der Waals surface area contributed by atoms with Crippen molar-refractivity contribution in [3.63, 3.8) is 0 Å². The van der Waals surface area contributed by atoms with Crippen LogP contribution in [-0.2, 0) is 10.0 Å². The Hall–Kier alpha value is -3.30. The minimum absolute atomic E-state index is 0.0566. The van der Waals surface area contributed by atoms with Crippen molar-refractivity contribution in [1.82, 2.24) is 9.29 Å². The molecule has 0 aliphatic heterocycles. The van der Waals surface area contributed by atoms with Crippen molar-refractivity contribution < 1.29 is 13.5 Å². The molecule has 0 aliphatic rings. The van der Waals surface area contributed by atoms with Crippen LogP contribution in [0.3, 0.4) is 0 Å². The first-order valence-electron chi connectivity index (χ1n) is 15.3. The van der Waals surface area contributed by atoms with Gasteiger partial charge in [0.1, 0.15) is 10.6 Å². The number of nitrogens with one attached hydrogen (secondary N) is 1. The standard InChI is InChI=1S/C33H46N4O4S/c1-5-9-16-25(7-3)23-37(24-26(8-4)17-10-6-2)42(40,41)30-21-15-14-20-29(30)35-36-32-28(22-31(38)34-33(32)39)27-18-12-11-13-19-27/h11-15,18-22,25-26H,5-10,16-17,23-24H2,1-4H3,(H2,34,38,39). The molecule has 3 rings (SSSR count). The molecule has 2 N–H and O–H groups in total. The number of azo groups is 1. The summed E-state index contributed by atoms with van der Waals surface area (Å²) in [5.41, 5.74) is 0.823. The third-order valence-electron chi connectivity index (χ3n) is 7.83. The molecule has 2 unspecified atom stereocenters. The molecular formula is C33H46N4O4S. The molecule has 0 bridgehead atoms. The zero-order valence-electron chi connectivity index (χ0n) is 25.4. The Labute approximate surface area is 251 Å². The molecule has 0 spiro atoms. The van der Waals surface area contributed by atoms with Gasteiger partial charge in [0.2, 0.25) is 15.9 Å². The van der Waals surface area contributed by atoms with E-state index in [0.29, 0.717) is 24.2 Å². The second-order valence-corrected chi connectivity index (χ2v) is 12.8. The number of hydrogen-bond donors (Lipinski definition) is 2. The highest BCUT2D eigenvalue weighted by Gasteiger charge is 2.30. The number of aromatic hydroxyl groups is 1. The molecule has 228 valence electrons. The van der Waals surface area contributed by atoms with Crippen LogP contribution < -0.4 is 5.56 Å². The highest BCUT2D eigenvalue weighted by Crippen LogP contribution is 2.37. The van der Waals surface area contributed by atoms with E-state index in [4.69, 9.17) is 0 Å². The summed E-state index contributed by atoms with van der Waals surface area (Å²) in [7, 11) is -3.92. The largest absolute Gasteiger partial charge is 0.493 e. The van der Waals surface area contributed by atoms with Gasteiger partial charge in [-0.1, -0.05) is 109 Å². The number of benzene rings is 2. The summed E-state index contributed by atoms with van der Waals surface area (Å²) in [4.78, 5) is 14.6. The number of unbranched alkanes of at least 4 members (excludes halogenated alkanes) is 2. The average Bonchev–Trinajstić information content (AvgIpc) is 3.00. The minimum Gasteiger partial charge on any atom is -0.493 e. The molecule has 2 aromatic carbocycles. The first-order chi connectivity index (χ1) is 20.2. The molecule has 9 heteroatoms. The van der Waals surface area contributed by atoms with Crippen molar-refractivity contribution in [3.8, 4) is 17.0 Å². The fourth-order valence-electron chi connectivity index (χ4n) is 5.16. The van der Waals surface area contributed by atoms with E-state index < -0.39 is 21.5 Å². The summed E-state index contributed by atoms with van der Waals surface area (Å²) < 4.78 is 30.4. The lowest BCUT2D eigenvalue weighted by Crippen LogP contribution is -2.39. The van der Waals surface area contributed by atoms with E-state index in [1.807, 2.05) is 18.2 Å². The zero-order valence-corrected chi connectivity index (χ0v) is 26.2. The van der Waals surface area contributed by atoms with Crippen molar-refractivity contribution in [2.24, 2.45) is 22.1 Å². The summed E-state index contributed by atoms with van der Waals surface area (Å²) in [6.45, 7) is 9.50. The molecule has 2 atom stereocenters. The molecule has 3 aromatic rings. The van der Waals surface area contributed by atoms with Crippen LogP contribution >= 0.6 is 0 Å². The predicted octanol–water partition coefficient (Wildman–Crippen LogP) is 8.59. The fourth-order valence-corrected chi connectivity index (χ4v) is 6.88. The van der Waals surface area contributed by atoms with E-state index in [9.17, 15) is 18.3 Å². The summed E-state index contributed by atoms with van der Waals surface area (Å²) in [6, 6.07) is 17.0. The van der Waals surface area contributed by atoms with Crippen molar-refractivity contribution in [2.75, 3.05) is 13.1 Å². The van der Waals surface area contributed by atoms with Crippen molar-refractivity contribution in [1.29, 1.82) is 0 Å². The van der Waals surface area contributed by atoms with E-state index in [-0.39, 0.29) is 28.1 Å². The molecule has 0 amide bonds. The number of pyridine rings is 1. The van der Waals surface area contributed by atoms with Gasteiger partial charge in [0.25, 0.3) is 5.56 Å². The minimum atomic E-state index is -3.92. The van der Waals surface area contributed by atoms with Gasteiger partial charge in [0, 0.05) is 24.7 Å². The van der Waals surface area contributed by atoms with Gasteiger partial charge in [-0.3, -0.25) is 9.78 Å². The number of nitrogens with zero attached hydrogens (tertiary/aromatic N) is 3. The fraction of sp³-hybridized carbons (Fsp3) is 0.485. The summed E-state index contributed by atoms with van der Waals surface area (Å²) in [6.07, 6.45) is 8.07. The number of sulfonamides is 1. The van der Waals surface area contributed by atoms with Crippen molar-refractivity contribution >= 4 is 21.4 Å². The number of aromatic nitrogens is 1. The van der Waals surface area contributed by atoms with Crippen LogP contribution in [0.2, 0.25) is 0 Å². The number of hydrogen-bond acceptors (Lipinski definition) is 6. The van der Waals surface area contributed by atoms with Crippen LogP contribution in [0.25, 0.3) is 11.1 Å². The summed E-state index contributed by atoms with van der Waals surface area (Å²) >= 11 is 0. The number of aromatic amines is 1. The SMILES string of the molecule is CCCCC(CC)CN(CC(CC)CCCC)S(=O)(=O)c1ccccc1N=Nc1c(-c2ccccc2)cc(=O)[nH]c1O. The van der Waals surface area contributed by atoms with Gasteiger partial charge in [0.05, 0.1) is 0 Å². The smallest absolute Gasteiger partial charge is 0.251 e. The third-order valence-corrected chi connectivity index (χ3v) is 9.71. The lowest BCUT2D eigenvalue weighted by atomic mass is 9.97. The van der Waals surface area contributed by atoms with Gasteiger partial charge in [-0.15, -0.1) is 10.2 Å². The molecule has 0 radical (unpaired) electrons. The third kappa shape index (κ3) is 8.85. The lowest BCUT2D eigenvalue weighted by molar-refractivity contribution is 0.270. The normalized spacial score (nSPS) is 13.5. The average molecular weight is 595 g/mol. The highest BCUT2D eigenvalue weighted by molar-refractivity contribution is 7.89. The van der Waals surface area contributed by atoms with Gasteiger partial charge in [-0.05, 0) is 42.4 Å². The van der Waals surface area contributed by atoms with Gasteiger partial charge in [-0.25, -0.2) is 8.42 Å². The summed E-state index contributed by atoms with van der Waals surface area (Å²) in [5, 5.41) is 19.2. The van der Waals surface area contributed by atoms with Crippen LogP contribution in [0.5, 0.6) is 5.88 Å². The predicted molar refractivity (Wildman–Crippen MR) is 170 cm³/mol. The van der Waals surface area contributed by atoms with E-state index in [1.54, 1.807) is 40.7 Å². The lowest BCUT2D eigenvalue weighted by Gasteiger charge is -2.30. The van der Waals surface area contributed by atoms with E-state index >= 15 is 0 Å². The molecule has 0 saturated heterocycles. The number of rotatable bonds is 17.